The molecule has 0 bridgehead atoms. The van der Waals surface area contributed by atoms with Crippen LogP contribution in [0.3, 0.4) is 0 Å². The van der Waals surface area contributed by atoms with Gasteiger partial charge in [-0.25, -0.2) is 5.43 Å². The summed E-state index contributed by atoms with van der Waals surface area (Å²) in [6.45, 7) is 2.64. The van der Waals surface area contributed by atoms with E-state index >= 15 is 0 Å². The Balaban J connectivity index is 0.000000791. The van der Waals surface area contributed by atoms with E-state index in [0.717, 1.165) is 6.54 Å². The zero-order valence-electron chi connectivity index (χ0n) is 8.45. The Bertz CT molecular complexity index is 252. The molecule has 4 heteroatoms. The van der Waals surface area contributed by atoms with Crippen molar-refractivity contribution in [3.05, 3.63) is 35.9 Å². The van der Waals surface area contributed by atoms with Gasteiger partial charge in [0.05, 0.1) is 0 Å². The molecule has 1 aromatic carbocycles. The fourth-order valence-corrected chi connectivity index (χ4v) is 0.830. The predicted molar refractivity (Wildman–Crippen MR) is 62.5 cm³/mol. The lowest BCUT2D eigenvalue weighted by atomic mass is 10.2. The molecule has 0 atom stereocenters. The molecule has 0 fully saturated rings. The van der Waals surface area contributed by atoms with Crippen LogP contribution in [0.2, 0.25) is 0 Å². The fraction of sp³-hybridized carbons (Fsp3) is 0.300. The van der Waals surface area contributed by atoms with E-state index in [4.69, 9.17) is 0 Å². The maximum atomic E-state index is 11.2. The van der Waals surface area contributed by atoms with Crippen molar-refractivity contribution in [2.75, 3.05) is 12.8 Å². The zero-order chi connectivity index (χ0) is 10.8. The highest BCUT2D eigenvalue weighted by Crippen LogP contribution is 1.96. The fourth-order valence-electron chi connectivity index (χ4n) is 0.830. The molecule has 0 spiro atoms. The van der Waals surface area contributed by atoms with Crippen molar-refractivity contribution < 1.29 is 4.79 Å². The molecule has 0 aliphatic carbocycles. The third kappa shape index (κ3) is 4.89. The second kappa shape index (κ2) is 8.59. The normalized spacial score (nSPS) is 8.50. The van der Waals surface area contributed by atoms with Crippen molar-refractivity contribution in [1.82, 2.24) is 10.9 Å². The molecule has 0 aliphatic rings. The Labute approximate surface area is 90.3 Å². The molecule has 2 N–H and O–H groups in total. The second-order valence-electron chi connectivity index (χ2n) is 2.35. The number of hydrogen-bond acceptors (Lipinski definition) is 3. The molecular weight excluding hydrogens is 196 g/mol. The first-order valence-corrected chi connectivity index (χ1v) is 5.27. The van der Waals surface area contributed by atoms with Gasteiger partial charge < -0.3 is 0 Å². The van der Waals surface area contributed by atoms with E-state index in [2.05, 4.69) is 23.5 Å². The Morgan fingerprint density at radius 2 is 1.86 bits per heavy atom. The second-order valence-corrected chi connectivity index (χ2v) is 2.35. The van der Waals surface area contributed by atoms with Gasteiger partial charge in [0, 0.05) is 12.1 Å². The van der Waals surface area contributed by atoms with Crippen molar-refractivity contribution in [3.8, 4) is 0 Å². The Kier molecular flexibility index (Phi) is 7.98. The highest BCUT2D eigenvalue weighted by atomic mass is 32.1. The van der Waals surface area contributed by atoms with Crippen LogP contribution in [0.4, 0.5) is 0 Å². The van der Waals surface area contributed by atoms with Gasteiger partial charge in [-0.3, -0.25) is 10.2 Å². The first kappa shape index (κ1) is 13.0. The molecule has 0 saturated carbocycles. The lowest BCUT2D eigenvalue weighted by molar-refractivity contribution is 0.0934. The van der Waals surface area contributed by atoms with Gasteiger partial charge in [0.2, 0.25) is 0 Å². The van der Waals surface area contributed by atoms with Gasteiger partial charge >= 0.3 is 0 Å². The van der Waals surface area contributed by atoms with Crippen LogP contribution in [0.5, 0.6) is 0 Å². The summed E-state index contributed by atoms with van der Waals surface area (Å²) in [5, 5.41) is 0. The molecule has 3 nitrogen and oxygen atoms in total. The van der Waals surface area contributed by atoms with E-state index in [0.29, 0.717) is 5.56 Å². The van der Waals surface area contributed by atoms with Crippen molar-refractivity contribution >= 4 is 18.5 Å². The maximum Gasteiger partial charge on any atom is 0.265 e. The van der Waals surface area contributed by atoms with Gasteiger partial charge in [-0.2, -0.15) is 12.6 Å². The zero-order valence-corrected chi connectivity index (χ0v) is 9.34. The number of carbonyl (C=O) groups excluding carboxylic acids is 1. The lowest BCUT2D eigenvalue weighted by Crippen LogP contribution is -2.36. The molecule has 1 rings (SSSR count). The van der Waals surface area contributed by atoms with Crippen LogP contribution >= 0.6 is 12.6 Å². The van der Waals surface area contributed by atoms with Crippen molar-refractivity contribution in [1.29, 1.82) is 0 Å². The summed E-state index contributed by atoms with van der Waals surface area (Å²) in [4.78, 5) is 11.2. The van der Waals surface area contributed by atoms with Gasteiger partial charge in [-0.05, 0) is 18.4 Å². The van der Waals surface area contributed by atoms with Crippen molar-refractivity contribution in [3.63, 3.8) is 0 Å². The number of nitrogens with one attached hydrogen (secondary N) is 2. The Morgan fingerprint density at radius 3 is 2.36 bits per heavy atom. The topological polar surface area (TPSA) is 41.1 Å². The molecule has 0 unspecified atom stereocenters. The number of carbonyl (C=O) groups is 1. The standard InChI is InChI=1S/C9H12N2O.CH4S/c1-2-10-11-9(12)8-6-4-3-5-7-8;1-2/h3-7,10H,2H2,1H3,(H,11,12);2H,1H3. The van der Waals surface area contributed by atoms with E-state index < -0.39 is 0 Å². The molecule has 0 aromatic heterocycles. The minimum atomic E-state index is -0.0996. The Morgan fingerprint density at radius 1 is 1.29 bits per heavy atom. The molecule has 0 heterocycles. The van der Waals surface area contributed by atoms with Crippen LogP contribution < -0.4 is 10.9 Å². The minimum Gasteiger partial charge on any atom is -0.287 e. The maximum absolute atomic E-state index is 11.2. The average Bonchev–Trinajstić information content (AvgIpc) is 2.30. The summed E-state index contributed by atoms with van der Waals surface area (Å²) in [5.74, 6) is -0.0996. The third-order valence-electron chi connectivity index (χ3n) is 1.41. The van der Waals surface area contributed by atoms with Gasteiger partial charge in [0.15, 0.2) is 0 Å². The van der Waals surface area contributed by atoms with E-state index in [1.54, 1.807) is 18.4 Å². The van der Waals surface area contributed by atoms with Crippen molar-refractivity contribution in [2.24, 2.45) is 0 Å². The molecule has 1 aromatic rings. The summed E-state index contributed by atoms with van der Waals surface area (Å²) >= 11 is 3.53. The van der Waals surface area contributed by atoms with Gasteiger partial charge in [0.25, 0.3) is 5.91 Å². The largest absolute Gasteiger partial charge is 0.287 e. The first-order chi connectivity index (χ1) is 6.84. The van der Waals surface area contributed by atoms with Gasteiger partial charge in [-0.15, -0.1) is 0 Å². The molecule has 0 radical (unpaired) electrons. The summed E-state index contributed by atoms with van der Waals surface area (Å²) in [6.07, 6.45) is 1.69. The van der Waals surface area contributed by atoms with E-state index in [9.17, 15) is 4.79 Å². The van der Waals surface area contributed by atoms with Crippen molar-refractivity contribution in [2.45, 2.75) is 6.92 Å². The quantitative estimate of drug-likeness (QED) is 0.525. The van der Waals surface area contributed by atoms with Crippen LogP contribution in [0.15, 0.2) is 30.3 Å². The van der Waals surface area contributed by atoms with E-state index in [-0.39, 0.29) is 5.91 Å². The summed E-state index contributed by atoms with van der Waals surface area (Å²) in [7, 11) is 0. The monoisotopic (exact) mass is 212 g/mol. The number of amides is 1. The molecule has 0 aliphatic heterocycles. The number of hydrazine groups is 1. The molecule has 14 heavy (non-hydrogen) atoms. The Hall–Kier alpha value is -1.00. The van der Waals surface area contributed by atoms with E-state index in [1.807, 2.05) is 25.1 Å². The van der Waals surface area contributed by atoms with Crippen LogP contribution in [-0.2, 0) is 0 Å². The molecular formula is C10H16N2OS. The minimum absolute atomic E-state index is 0.0996. The van der Waals surface area contributed by atoms with E-state index in [1.165, 1.54) is 0 Å². The summed E-state index contributed by atoms with van der Waals surface area (Å²) < 4.78 is 0. The lowest BCUT2D eigenvalue weighted by Gasteiger charge is -2.03. The number of hydrogen-bond donors (Lipinski definition) is 3. The van der Waals surface area contributed by atoms with Crippen LogP contribution in [0, 0.1) is 0 Å². The highest BCUT2D eigenvalue weighted by molar-refractivity contribution is 7.79. The molecule has 1 amide bonds. The summed E-state index contributed by atoms with van der Waals surface area (Å²) in [5.41, 5.74) is 5.97. The van der Waals surface area contributed by atoms with Gasteiger partial charge in [-0.1, -0.05) is 25.1 Å². The van der Waals surface area contributed by atoms with Crippen LogP contribution in [0.1, 0.15) is 17.3 Å². The van der Waals surface area contributed by atoms with Crippen LogP contribution in [-0.4, -0.2) is 18.7 Å². The first-order valence-electron chi connectivity index (χ1n) is 4.37. The summed E-state index contributed by atoms with van der Waals surface area (Å²) in [6, 6.07) is 9.09. The number of rotatable bonds is 3. The SMILES string of the molecule is CCNNC(=O)c1ccccc1.CS. The average molecular weight is 212 g/mol. The third-order valence-corrected chi connectivity index (χ3v) is 1.41. The van der Waals surface area contributed by atoms with Gasteiger partial charge in [0.1, 0.15) is 0 Å². The van der Waals surface area contributed by atoms with Crippen LogP contribution in [0.25, 0.3) is 0 Å². The molecule has 0 saturated heterocycles. The molecule has 78 valence electrons. The highest BCUT2D eigenvalue weighted by Gasteiger charge is 2.00. The smallest absolute Gasteiger partial charge is 0.265 e. The number of thiol groups is 1. The predicted octanol–water partition coefficient (Wildman–Crippen LogP) is 1.49. The number of benzene rings is 1.